The molecule has 1 saturated carbocycles. The second-order valence-electron chi connectivity index (χ2n) is 6.64. The highest BCUT2D eigenvalue weighted by Gasteiger charge is 2.30. The number of carbonyl (C=O) groups is 1. The number of aryl methyl sites for hydroxylation is 1. The van der Waals surface area contributed by atoms with Crippen LogP contribution in [0.1, 0.15) is 40.5 Å². The fraction of sp³-hybridized carbons (Fsp3) is 0.250. The van der Waals surface area contributed by atoms with E-state index >= 15 is 0 Å². The third kappa shape index (κ3) is 2.88. The Balaban J connectivity index is 1.73. The molecule has 6 nitrogen and oxygen atoms in total. The van der Waals surface area contributed by atoms with Crippen LogP contribution in [-0.2, 0) is 13.6 Å². The smallest absolute Gasteiger partial charge is 0.257 e. The summed E-state index contributed by atoms with van der Waals surface area (Å²) in [5.41, 5.74) is 9.26. The molecule has 4 rings (SSSR count). The van der Waals surface area contributed by atoms with Gasteiger partial charge in [0.1, 0.15) is 0 Å². The van der Waals surface area contributed by atoms with E-state index in [1.54, 1.807) is 29.8 Å². The van der Waals surface area contributed by atoms with Crippen molar-refractivity contribution in [3.8, 4) is 0 Å². The number of carbonyl (C=O) groups excluding carboxylic acids is 1. The molecule has 0 radical (unpaired) electrons. The van der Waals surface area contributed by atoms with Crippen molar-refractivity contribution in [3.05, 3.63) is 69.8 Å². The molecule has 0 aliphatic heterocycles. The summed E-state index contributed by atoms with van der Waals surface area (Å²) in [6.07, 6.45) is 2.11. The van der Waals surface area contributed by atoms with E-state index < -0.39 is 0 Å². The number of hydrogen-bond donors (Lipinski definition) is 2. The van der Waals surface area contributed by atoms with Gasteiger partial charge < -0.3 is 15.6 Å². The summed E-state index contributed by atoms with van der Waals surface area (Å²) in [4.78, 5) is 29.3. The van der Waals surface area contributed by atoms with Crippen LogP contribution < -0.4 is 16.6 Å². The molecule has 1 aliphatic carbocycles. The summed E-state index contributed by atoms with van der Waals surface area (Å²) >= 11 is 0. The molecule has 1 amide bonds. The van der Waals surface area contributed by atoms with E-state index in [4.69, 9.17) is 5.73 Å². The van der Waals surface area contributed by atoms with Crippen LogP contribution in [0, 0.1) is 0 Å². The minimum atomic E-state index is -0.190. The lowest BCUT2D eigenvalue weighted by Gasteiger charge is -2.13. The van der Waals surface area contributed by atoms with E-state index in [0.29, 0.717) is 23.7 Å². The lowest BCUT2D eigenvalue weighted by Crippen LogP contribution is -2.18. The Morgan fingerprint density at radius 2 is 2.04 bits per heavy atom. The average molecular weight is 348 g/mol. The van der Waals surface area contributed by atoms with E-state index in [9.17, 15) is 9.59 Å². The molecule has 0 bridgehead atoms. The predicted octanol–water partition coefficient (Wildman–Crippen LogP) is 2.52. The highest BCUT2D eigenvalue weighted by Crippen LogP contribution is 2.41. The molecule has 3 N–H and O–H groups in total. The normalized spacial score (nSPS) is 13.8. The third-order valence-electron chi connectivity index (χ3n) is 4.82. The topological polar surface area (TPSA) is 90.0 Å². The molecular weight excluding hydrogens is 328 g/mol. The zero-order chi connectivity index (χ0) is 18.3. The number of anilines is 1. The number of nitrogens with two attached hydrogens (primary N) is 1. The highest BCUT2D eigenvalue weighted by molar-refractivity contribution is 6.09. The SMILES string of the molecule is Cn1c(=O)ccc2c(NC(=O)c3ccc(CN)nc3C3CC3)cccc21. The highest BCUT2D eigenvalue weighted by atomic mass is 16.1. The van der Waals surface area contributed by atoms with Crippen molar-refractivity contribution in [2.75, 3.05) is 5.32 Å². The van der Waals surface area contributed by atoms with Gasteiger partial charge in [0.15, 0.2) is 0 Å². The molecule has 6 heteroatoms. The van der Waals surface area contributed by atoms with Crippen molar-refractivity contribution in [2.45, 2.75) is 25.3 Å². The number of nitrogens with zero attached hydrogens (tertiary/aromatic N) is 2. The number of benzene rings is 1. The molecule has 1 aromatic carbocycles. The van der Waals surface area contributed by atoms with Gasteiger partial charge in [0, 0.05) is 31.0 Å². The van der Waals surface area contributed by atoms with Gasteiger partial charge in [0.2, 0.25) is 0 Å². The summed E-state index contributed by atoms with van der Waals surface area (Å²) in [6, 6.07) is 12.4. The van der Waals surface area contributed by atoms with Crippen LogP contribution in [0.4, 0.5) is 5.69 Å². The fourth-order valence-electron chi connectivity index (χ4n) is 3.20. The van der Waals surface area contributed by atoms with Gasteiger partial charge in [0.05, 0.1) is 28.2 Å². The van der Waals surface area contributed by atoms with Crippen molar-refractivity contribution in [3.63, 3.8) is 0 Å². The van der Waals surface area contributed by atoms with Crippen molar-refractivity contribution in [1.82, 2.24) is 9.55 Å². The van der Waals surface area contributed by atoms with Crippen molar-refractivity contribution in [1.29, 1.82) is 0 Å². The number of amides is 1. The molecule has 2 heterocycles. The van der Waals surface area contributed by atoms with Gasteiger partial charge in [0.25, 0.3) is 11.5 Å². The van der Waals surface area contributed by atoms with Gasteiger partial charge in [-0.2, -0.15) is 0 Å². The monoisotopic (exact) mass is 348 g/mol. The summed E-state index contributed by atoms with van der Waals surface area (Å²) in [5, 5.41) is 3.80. The van der Waals surface area contributed by atoms with Crippen LogP contribution in [-0.4, -0.2) is 15.5 Å². The van der Waals surface area contributed by atoms with E-state index in [1.165, 1.54) is 6.07 Å². The number of hydrogen-bond acceptors (Lipinski definition) is 4. The van der Waals surface area contributed by atoms with E-state index in [1.807, 2.05) is 18.2 Å². The zero-order valence-electron chi connectivity index (χ0n) is 14.5. The Kier molecular flexibility index (Phi) is 4.05. The maximum absolute atomic E-state index is 12.9. The Morgan fingerprint density at radius 3 is 2.77 bits per heavy atom. The fourth-order valence-corrected chi connectivity index (χ4v) is 3.20. The van der Waals surface area contributed by atoms with Crippen LogP contribution in [0.3, 0.4) is 0 Å². The predicted molar refractivity (Wildman–Crippen MR) is 101 cm³/mol. The molecule has 1 fully saturated rings. The first-order valence-corrected chi connectivity index (χ1v) is 8.68. The second kappa shape index (κ2) is 6.38. The molecule has 1 aliphatic rings. The van der Waals surface area contributed by atoms with Crippen molar-refractivity contribution in [2.24, 2.45) is 12.8 Å². The average Bonchev–Trinajstić information content (AvgIpc) is 3.49. The zero-order valence-corrected chi connectivity index (χ0v) is 14.5. The number of fused-ring (bicyclic) bond motifs is 1. The second-order valence-corrected chi connectivity index (χ2v) is 6.64. The van der Waals surface area contributed by atoms with Gasteiger partial charge in [-0.05, 0) is 43.2 Å². The minimum absolute atomic E-state index is 0.0847. The lowest BCUT2D eigenvalue weighted by molar-refractivity contribution is 0.102. The molecule has 0 spiro atoms. The van der Waals surface area contributed by atoms with Crippen LogP contribution in [0.25, 0.3) is 10.9 Å². The Morgan fingerprint density at radius 1 is 1.23 bits per heavy atom. The summed E-state index contributed by atoms with van der Waals surface area (Å²) in [6.45, 7) is 0.360. The Labute approximate surface area is 150 Å². The molecule has 0 saturated heterocycles. The number of pyridine rings is 2. The largest absolute Gasteiger partial charge is 0.325 e. The maximum atomic E-state index is 12.9. The Hall–Kier alpha value is -2.99. The standard InChI is InChI=1S/C20H20N4O2/c1-24-17-4-2-3-16(14(17)9-10-18(24)25)23-20(26)15-8-7-13(11-21)22-19(15)12-5-6-12/h2-4,7-10,12H,5-6,11,21H2,1H3,(H,23,26). The number of aromatic nitrogens is 2. The summed E-state index contributed by atoms with van der Waals surface area (Å²) in [7, 11) is 1.72. The molecule has 3 aromatic rings. The Bertz CT molecular complexity index is 1070. The molecule has 0 atom stereocenters. The molecule has 26 heavy (non-hydrogen) atoms. The van der Waals surface area contributed by atoms with E-state index in [-0.39, 0.29) is 11.5 Å². The molecule has 132 valence electrons. The maximum Gasteiger partial charge on any atom is 0.257 e. The van der Waals surface area contributed by atoms with Gasteiger partial charge in [-0.3, -0.25) is 14.6 Å². The third-order valence-corrected chi connectivity index (χ3v) is 4.82. The van der Waals surface area contributed by atoms with Gasteiger partial charge >= 0.3 is 0 Å². The van der Waals surface area contributed by atoms with Gasteiger partial charge in [-0.25, -0.2) is 0 Å². The quantitative estimate of drug-likeness (QED) is 0.758. The van der Waals surface area contributed by atoms with Crippen LogP contribution in [0.5, 0.6) is 0 Å². The van der Waals surface area contributed by atoms with E-state index in [2.05, 4.69) is 10.3 Å². The molecule has 2 aromatic heterocycles. The first kappa shape index (κ1) is 16.5. The van der Waals surface area contributed by atoms with Crippen LogP contribution in [0.15, 0.2) is 47.3 Å². The summed E-state index contributed by atoms with van der Waals surface area (Å²) in [5.74, 6) is 0.153. The van der Waals surface area contributed by atoms with Crippen LogP contribution in [0.2, 0.25) is 0 Å². The summed E-state index contributed by atoms with van der Waals surface area (Å²) < 4.78 is 1.57. The minimum Gasteiger partial charge on any atom is -0.325 e. The number of nitrogens with one attached hydrogen (secondary N) is 1. The molecule has 0 unspecified atom stereocenters. The van der Waals surface area contributed by atoms with Gasteiger partial charge in [-0.15, -0.1) is 0 Å². The first-order chi connectivity index (χ1) is 12.6. The molecular formula is C20H20N4O2. The first-order valence-electron chi connectivity index (χ1n) is 8.68. The lowest BCUT2D eigenvalue weighted by atomic mass is 10.1. The van der Waals surface area contributed by atoms with Crippen molar-refractivity contribution >= 4 is 22.5 Å². The van der Waals surface area contributed by atoms with Gasteiger partial charge in [-0.1, -0.05) is 6.07 Å². The van der Waals surface area contributed by atoms with E-state index in [0.717, 1.165) is 35.1 Å². The van der Waals surface area contributed by atoms with Crippen LogP contribution >= 0.6 is 0 Å². The number of rotatable bonds is 4. The van der Waals surface area contributed by atoms with Crippen molar-refractivity contribution < 1.29 is 4.79 Å².